The maximum absolute atomic E-state index is 11.0. The first-order valence-electron chi connectivity index (χ1n) is 7.46. The lowest BCUT2D eigenvalue weighted by atomic mass is 9.98. The molecule has 1 rings (SSSR count). The monoisotopic (exact) mass is 294 g/mol. The summed E-state index contributed by atoms with van der Waals surface area (Å²) >= 11 is 0. The van der Waals surface area contributed by atoms with Crippen LogP contribution >= 0.6 is 0 Å². The second kappa shape index (κ2) is 7.50. The van der Waals surface area contributed by atoms with Crippen LogP contribution in [-0.4, -0.2) is 27.7 Å². The first-order valence-corrected chi connectivity index (χ1v) is 7.46. The Labute approximate surface area is 126 Å². The first-order chi connectivity index (χ1) is 9.77. The fourth-order valence-electron chi connectivity index (χ4n) is 2.33. The standard InChI is InChI=1S/C16H26N2O3/c1-7-21-14(9(2)3)15-17-11(5)13(12(6)18-15)8-10(4)16(19)20/h9-10,14H,7-8H2,1-6H3,(H,19,20). The maximum atomic E-state index is 11.0. The third-order valence-electron chi connectivity index (χ3n) is 3.58. The van der Waals surface area contributed by atoms with Crippen molar-refractivity contribution >= 4 is 5.97 Å². The second-order valence-electron chi connectivity index (χ2n) is 5.79. The summed E-state index contributed by atoms with van der Waals surface area (Å²) in [4.78, 5) is 20.1. The van der Waals surface area contributed by atoms with Crippen LogP contribution in [0.15, 0.2) is 0 Å². The van der Waals surface area contributed by atoms with Crippen LogP contribution in [-0.2, 0) is 16.0 Å². The summed E-state index contributed by atoms with van der Waals surface area (Å²) in [6, 6.07) is 0. The van der Waals surface area contributed by atoms with Gasteiger partial charge in [-0.1, -0.05) is 20.8 Å². The van der Waals surface area contributed by atoms with Gasteiger partial charge < -0.3 is 9.84 Å². The van der Waals surface area contributed by atoms with Crippen molar-refractivity contribution in [1.29, 1.82) is 0 Å². The van der Waals surface area contributed by atoms with E-state index < -0.39 is 11.9 Å². The Hall–Kier alpha value is -1.49. The summed E-state index contributed by atoms with van der Waals surface area (Å²) in [5.41, 5.74) is 2.61. The third-order valence-corrected chi connectivity index (χ3v) is 3.58. The molecule has 0 aliphatic carbocycles. The van der Waals surface area contributed by atoms with E-state index in [1.54, 1.807) is 6.92 Å². The largest absolute Gasteiger partial charge is 0.481 e. The number of aryl methyl sites for hydroxylation is 2. The van der Waals surface area contributed by atoms with Crippen LogP contribution in [0, 0.1) is 25.7 Å². The van der Waals surface area contributed by atoms with Gasteiger partial charge in [-0.3, -0.25) is 4.79 Å². The molecule has 21 heavy (non-hydrogen) atoms. The second-order valence-corrected chi connectivity index (χ2v) is 5.79. The Morgan fingerprint density at radius 2 is 1.71 bits per heavy atom. The highest BCUT2D eigenvalue weighted by Crippen LogP contribution is 2.25. The number of hydrogen-bond acceptors (Lipinski definition) is 4. The van der Waals surface area contributed by atoms with Gasteiger partial charge in [-0.15, -0.1) is 0 Å². The summed E-state index contributed by atoms with van der Waals surface area (Å²) in [6.07, 6.45) is 0.326. The van der Waals surface area contributed by atoms with Crippen LogP contribution < -0.4 is 0 Å². The molecule has 5 nitrogen and oxygen atoms in total. The molecule has 1 N–H and O–H groups in total. The van der Waals surface area contributed by atoms with Crippen LogP contribution in [0.25, 0.3) is 0 Å². The molecule has 2 unspecified atom stereocenters. The number of aliphatic carboxylic acids is 1. The number of hydrogen-bond donors (Lipinski definition) is 1. The van der Waals surface area contributed by atoms with E-state index >= 15 is 0 Å². The fourth-order valence-corrected chi connectivity index (χ4v) is 2.33. The third kappa shape index (κ3) is 4.49. The molecule has 0 aliphatic rings. The Bertz CT molecular complexity index is 477. The van der Waals surface area contributed by atoms with E-state index in [4.69, 9.17) is 9.84 Å². The topological polar surface area (TPSA) is 72.3 Å². The van der Waals surface area contributed by atoms with Gasteiger partial charge in [0.1, 0.15) is 6.10 Å². The molecule has 0 saturated carbocycles. The van der Waals surface area contributed by atoms with E-state index in [1.807, 2.05) is 20.8 Å². The van der Waals surface area contributed by atoms with Crippen molar-refractivity contribution in [3.63, 3.8) is 0 Å². The minimum absolute atomic E-state index is 0.127. The molecule has 0 spiro atoms. The van der Waals surface area contributed by atoms with Gasteiger partial charge in [0.25, 0.3) is 0 Å². The molecule has 0 aromatic carbocycles. The molecule has 0 bridgehead atoms. The van der Waals surface area contributed by atoms with E-state index in [-0.39, 0.29) is 12.0 Å². The van der Waals surface area contributed by atoms with Crippen molar-refractivity contribution in [2.24, 2.45) is 11.8 Å². The summed E-state index contributed by atoms with van der Waals surface area (Å²) in [6.45, 7) is 12.2. The fraction of sp³-hybridized carbons (Fsp3) is 0.688. The molecular weight excluding hydrogens is 268 g/mol. The molecule has 0 aliphatic heterocycles. The van der Waals surface area contributed by atoms with Gasteiger partial charge in [-0.2, -0.15) is 0 Å². The Balaban J connectivity index is 3.11. The van der Waals surface area contributed by atoms with Crippen LogP contribution in [0.1, 0.15) is 56.6 Å². The lowest BCUT2D eigenvalue weighted by Crippen LogP contribution is -2.19. The van der Waals surface area contributed by atoms with Crippen LogP contribution in [0.3, 0.4) is 0 Å². The average molecular weight is 294 g/mol. The highest BCUT2D eigenvalue weighted by molar-refractivity contribution is 5.70. The van der Waals surface area contributed by atoms with Crippen LogP contribution in [0.4, 0.5) is 0 Å². The quantitative estimate of drug-likeness (QED) is 0.836. The average Bonchev–Trinajstić information content (AvgIpc) is 2.39. The van der Waals surface area contributed by atoms with Gasteiger partial charge in [0.15, 0.2) is 5.82 Å². The molecule has 118 valence electrons. The van der Waals surface area contributed by atoms with E-state index in [2.05, 4.69) is 23.8 Å². The van der Waals surface area contributed by atoms with Gasteiger partial charge >= 0.3 is 5.97 Å². The summed E-state index contributed by atoms with van der Waals surface area (Å²) < 4.78 is 5.74. The van der Waals surface area contributed by atoms with E-state index in [9.17, 15) is 4.79 Å². The predicted molar refractivity (Wildman–Crippen MR) is 81.2 cm³/mol. The highest BCUT2D eigenvalue weighted by Gasteiger charge is 2.22. The SMILES string of the molecule is CCOC(c1nc(C)c(CC(C)C(=O)O)c(C)n1)C(C)C. The lowest BCUT2D eigenvalue weighted by molar-refractivity contribution is -0.141. The van der Waals surface area contributed by atoms with E-state index in [0.717, 1.165) is 17.0 Å². The zero-order valence-electron chi connectivity index (χ0n) is 13.8. The van der Waals surface area contributed by atoms with E-state index in [1.165, 1.54) is 0 Å². The van der Waals surface area contributed by atoms with Crippen molar-refractivity contribution in [2.45, 2.75) is 54.1 Å². The summed E-state index contributed by atoms with van der Waals surface area (Å²) in [5, 5.41) is 9.05. The normalized spacial score (nSPS) is 14.2. The number of nitrogens with zero attached hydrogens (tertiary/aromatic N) is 2. The van der Waals surface area contributed by atoms with Crippen molar-refractivity contribution in [3.8, 4) is 0 Å². The molecule has 0 amide bonds. The maximum Gasteiger partial charge on any atom is 0.306 e. The molecular formula is C16H26N2O3. The number of carbonyl (C=O) groups is 1. The molecule has 5 heteroatoms. The number of ether oxygens (including phenoxy) is 1. The van der Waals surface area contributed by atoms with Crippen molar-refractivity contribution in [1.82, 2.24) is 9.97 Å². The van der Waals surface area contributed by atoms with Gasteiger partial charge in [0.2, 0.25) is 0 Å². The molecule has 1 heterocycles. The summed E-state index contributed by atoms with van der Waals surface area (Å²) in [7, 11) is 0. The van der Waals surface area contributed by atoms with Crippen molar-refractivity contribution in [2.75, 3.05) is 6.61 Å². The number of carboxylic acid groups (broad SMARTS) is 1. The molecule has 1 aromatic heterocycles. The zero-order valence-corrected chi connectivity index (χ0v) is 13.8. The Morgan fingerprint density at radius 3 is 2.10 bits per heavy atom. The number of carboxylic acids is 1. The molecule has 0 saturated heterocycles. The Kier molecular flexibility index (Phi) is 6.27. The Morgan fingerprint density at radius 1 is 1.19 bits per heavy atom. The number of rotatable bonds is 7. The molecule has 0 radical (unpaired) electrons. The van der Waals surface area contributed by atoms with Crippen molar-refractivity contribution < 1.29 is 14.6 Å². The minimum Gasteiger partial charge on any atom is -0.481 e. The molecule has 2 atom stereocenters. The molecule has 0 fully saturated rings. The highest BCUT2D eigenvalue weighted by atomic mass is 16.5. The smallest absolute Gasteiger partial charge is 0.306 e. The number of aromatic nitrogens is 2. The predicted octanol–water partition coefficient (Wildman–Crippen LogP) is 3.09. The molecule has 1 aromatic rings. The zero-order chi connectivity index (χ0) is 16.2. The van der Waals surface area contributed by atoms with Gasteiger partial charge in [0, 0.05) is 18.0 Å². The lowest BCUT2D eigenvalue weighted by Gasteiger charge is -2.21. The van der Waals surface area contributed by atoms with Crippen LogP contribution in [0.2, 0.25) is 0 Å². The first kappa shape index (κ1) is 17.6. The van der Waals surface area contributed by atoms with Gasteiger partial charge in [-0.25, -0.2) is 9.97 Å². The van der Waals surface area contributed by atoms with Crippen LogP contribution in [0.5, 0.6) is 0 Å². The van der Waals surface area contributed by atoms with E-state index in [0.29, 0.717) is 18.9 Å². The van der Waals surface area contributed by atoms with Crippen molar-refractivity contribution in [3.05, 3.63) is 22.8 Å². The van der Waals surface area contributed by atoms with Gasteiger partial charge in [-0.05, 0) is 38.7 Å². The summed E-state index contributed by atoms with van der Waals surface area (Å²) in [5.74, 6) is -0.266. The minimum atomic E-state index is -0.799. The van der Waals surface area contributed by atoms with Gasteiger partial charge in [0.05, 0.1) is 5.92 Å².